The van der Waals surface area contributed by atoms with Gasteiger partial charge < -0.3 is 15.0 Å². The van der Waals surface area contributed by atoms with Gasteiger partial charge >= 0.3 is 5.97 Å². The molecular formula is C24H28N2O4. The van der Waals surface area contributed by atoms with Gasteiger partial charge in [-0.25, -0.2) is 0 Å². The van der Waals surface area contributed by atoms with Crippen molar-refractivity contribution in [2.24, 2.45) is 5.92 Å². The van der Waals surface area contributed by atoms with Gasteiger partial charge in [0.15, 0.2) is 6.61 Å². The van der Waals surface area contributed by atoms with E-state index in [1.54, 1.807) is 4.90 Å². The zero-order chi connectivity index (χ0) is 21.7. The minimum atomic E-state index is -0.541. The van der Waals surface area contributed by atoms with E-state index in [1.165, 1.54) is 0 Å². The van der Waals surface area contributed by atoms with Crippen LogP contribution in [0.15, 0.2) is 42.5 Å². The number of nitrogens with zero attached hydrogens (tertiary/aromatic N) is 1. The zero-order valence-electron chi connectivity index (χ0n) is 17.7. The Hall–Kier alpha value is -3.15. The van der Waals surface area contributed by atoms with Crippen LogP contribution < -0.4 is 5.32 Å². The first-order chi connectivity index (χ1) is 14.4. The van der Waals surface area contributed by atoms with Crippen molar-refractivity contribution in [3.63, 3.8) is 0 Å². The fourth-order valence-corrected chi connectivity index (χ4v) is 3.63. The van der Waals surface area contributed by atoms with E-state index in [1.807, 2.05) is 63.2 Å². The molecule has 30 heavy (non-hydrogen) atoms. The maximum absolute atomic E-state index is 12.4. The zero-order valence-corrected chi connectivity index (χ0v) is 17.7. The number of para-hydroxylation sites is 1. The van der Waals surface area contributed by atoms with Crippen LogP contribution in [0.5, 0.6) is 0 Å². The van der Waals surface area contributed by atoms with Crippen molar-refractivity contribution >= 4 is 23.5 Å². The van der Waals surface area contributed by atoms with Gasteiger partial charge in [-0.3, -0.25) is 14.4 Å². The maximum atomic E-state index is 12.4. The Morgan fingerprint density at radius 2 is 1.87 bits per heavy atom. The Labute approximate surface area is 177 Å². The molecule has 1 unspecified atom stereocenters. The summed E-state index contributed by atoms with van der Waals surface area (Å²) in [5, 5.41) is 2.84. The minimum Gasteiger partial charge on any atom is -0.455 e. The maximum Gasteiger partial charge on any atom is 0.311 e. The summed E-state index contributed by atoms with van der Waals surface area (Å²) in [7, 11) is 0. The number of nitrogens with one attached hydrogen (secondary N) is 1. The topological polar surface area (TPSA) is 75.7 Å². The molecule has 0 aliphatic carbocycles. The van der Waals surface area contributed by atoms with Gasteiger partial charge in [0.2, 0.25) is 5.91 Å². The number of hydrogen-bond donors (Lipinski definition) is 1. The Morgan fingerprint density at radius 3 is 2.57 bits per heavy atom. The van der Waals surface area contributed by atoms with E-state index in [0.717, 1.165) is 34.4 Å². The van der Waals surface area contributed by atoms with Crippen molar-refractivity contribution in [2.75, 3.05) is 18.5 Å². The number of aryl methyl sites for hydroxylation is 3. The van der Waals surface area contributed by atoms with Gasteiger partial charge in [0.25, 0.3) is 5.91 Å². The van der Waals surface area contributed by atoms with E-state index < -0.39 is 11.9 Å². The van der Waals surface area contributed by atoms with Crippen LogP contribution in [-0.4, -0.2) is 35.8 Å². The average Bonchev–Trinajstić information content (AvgIpc) is 3.09. The first kappa shape index (κ1) is 21.6. The molecule has 1 heterocycles. The highest BCUT2D eigenvalue weighted by Gasteiger charge is 2.35. The average molecular weight is 408 g/mol. The first-order valence-corrected chi connectivity index (χ1v) is 10.3. The summed E-state index contributed by atoms with van der Waals surface area (Å²) in [6.45, 7) is 6.37. The fourth-order valence-electron chi connectivity index (χ4n) is 3.63. The van der Waals surface area contributed by atoms with Gasteiger partial charge in [-0.2, -0.15) is 0 Å². The second-order valence-corrected chi connectivity index (χ2v) is 7.78. The molecule has 6 nitrogen and oxygen atoms in total. The molecule has 2 aromatic carbocycles. The Bertz CT molecular complexity index is 937. The smallest absolute Gasteiger partial charge is 0.311 e. The third kappa shape index (κ3) is 5.26. The van der Waals surface area contributed by atoms with Crippen LogP contribution in [0.25, 0.3) is 0 Å². The standard InChI is InChI=1S/C24H28N2O4/c1-4-19-7-5-6-17(3)23(19)25-21(27)15-30-24(29)20-12-22(28)26(14-20)13-18-10-8-16(2)9-11-18/h5-11,20H,4,12-15H2,1-3H3,(H,25,27). The van der Waals surface area contributed by atoms with E-state index in [2.05, 4.69) is 5.32 Å². The number of carbonyl (C=O) groups excluding carboxylic acids is 3. The molecule has 1 aliphatic rings. The van der Waals surface area contributed by atoms with Crippen molar-refractivity contribution in [3.8, 4) is 0 Å². The van der Waals surface area contributed by atoms with Crippen molar-refractivity contribution in [1.82, 2.24) is 4.90 Å². The fraction of sp³-hybridized carbons (Fsp3) is 0.375. The lowest BCUT2D eigenvalue weighted by Gasteiger charge is -2.17. The Kier molecular flexibility index (Phi) is 6.87. The highest BCUT2D eigenvalue weighted by atomic mass is 16.5. The first-order valence-electron chi connectivity index (χ1n) is 10.3. The second-order valence-electron chi connectivity index (χ2n) is 7.78. The summed E-state index contributed by atoms with van der Waals surface area (Å²) >= 11 is 0. The van der Waals surface area contributed by atoms with E-state index >= 15 is 0 Å². The molecule has 0 radical (unpaired) electrons. The summed E-state index contributed by atoms with van der Waals surface area (Å²) in [5.41, 5.74) is 4.93. The van der Waals surface area contributed by atoms with Crippen LogP contribution >= 0.6 is 0 Å². The largest absolute Gasteiger partial charge is 0.455 e. The SMILES string of the molecule is CCc1cccc(C)c1NC(=O)COC(=O)C1CC(=O)N(Cc2ccc(C)cc2)C1. The highest BCUT2D eigenvalue weighted by Crippen LogP contribution is 2.23. The van der Waals surface area contributed by atoms with E-state index in [9.17, 15) is 14.4 Å². The molecule has 1 atom stereocenters. The van der Waals surface area contributed by atoms with Crippen molar-refractivity contribution in [3.05, 3.63) is 64.7 Å². The minimum absolute atomic E-state index is 0.0746. The predicted octanol–water partition coefficient (Wildman–Crippen LogP) is 3.40. The van der Waals surface area contributed by atoms with E-state index in [0.29, 0.717) is 13.1 Å². The van der Waals surface area contributed by atoms with Crippen LogP contribution in [0.1, 0.15) is 35.6 Å². The summed E-state index contributed by atoms with van der Waals surface area (Å²) in [6.07, 6.45) is 0.905. The lowest BCUT2D eigenvalue weighted by molar-refractivity contribution is -0.151. The molecule has 1 saturated heterocycles. The molecule has 3 rings (SSSR count). The highest BCUT2D eigenvalue weighted by molar-refractivity contribution is 5.95. The monoisotopic (exact) mass is 408 g/mol. The third-order valence-corrected chi connectivity index (χ3v) is 5.39. The van der Waals surface area contributed by atoms with E-state index in [-0.39, 0.29) is 24.8 Å². The van der Waals surface area contributed by atoms with Gasteiger partial charge in [-0.15, -0.1) is 0 Å². The Balaban J connectivity index is 1.51. The summed E-state index contributed by atoms with van der Waals surface area (Å²) < 4.78 is 5.21. The van der Waals surface area contributed by atoms with Crippen molar-refractivity contribution in [2.45, 2.75) is 40.2 Å². The Morgan fingerprint density at radius 1 is 1.13 bits per heavy atom. The summed E-state index contributed by atoms with van der Waals surface area (Å²) in [6, 6.07) is 13.8. The molecule has 0 bridgehead atoms. The summed E-state index contributed by atoms with van der Waals surface area (Å²) in [5.74, 6) is -1.51. The molecule has 0 aromatic heterocycles. The second kappa shape index (κ2) is 9.57. The molecule has 1 N–H and O–H groups in total. The number of amides is 2. The van der Waals surface area contributed by atoms with Gasteiger partial charge in [0.1, 0.15) is 0 Å². The number of anilines is 1. The molecule has 2 aromatic rings. The van der Waals surface area contributed by atoms with Gasteiger partial charge in [-0.1, -0.05) is 55.0 Å². The van der Waals surface area contributed by atoms with Gasteiger partial charge in [0.05, 0.1) is 5.92 Å². The lowest BCUT2D eigenvalue weighted by Crippen LogP contribution is -2.28. The third-order valence-electron chi connectivity index (χ3n) is 5.39. The molecule has 6 heteroatoms. The summed E-state index contributed by atoms with van der Waals surface area (Å²) in [4.78, 5) is 38.6. The lowest BCUT2D eigenvalue weighted by atomic mass is 10.1. The van der Waals surface area contributed by atoms with Crippen LogP contribution in [0.2, 0.25) is 0 Å². The number of likely N-dealkylation sites (tertiary alicyclic amines) is 1. The van der Waals surface area contributed by atoms with E-state index in [4.69, 9.17) is 4.74 Å². The number of ether oxygens (including phenoxy) is 1. The van der Waals surface area contributed by atoms with Crippen LogP contribution in [0.4, 0.5) is 5.69 Å². The molecule has 1 aliphatic heterocycles. The van der Waals surface area contributed by atoms with Crippen molar-refractivity contribution < 1.29 is 19.1 Å². The predicted molar refractivity (Wildman–Crippen MR) is 115 cm³/mol. The van der Waals surface area contributed by atoms with Crippen molar-refractivity contribution in [1.29, 1.82) is 0 Å². The normalized spacial score (nSPS) is 15.9. The molecule has 0 saturated carbocycles. The molecular weight excluding hydrogens is 380 g/mol. The van der Waals surface area contributed by atoms with Gasteiger partial charge in [-0.05, 0) is 37.0 Å². The molecule has 1 fully saturated rings. The van der Waals surface area contributed by atoms with Crippen LogP contribution in [0.3, 0.4) is 0 Å². The number of hydrogen-bond acceptors (Lipinski definition) is 4. The van der Waals surface area contributed by atoms with Crippen LogP contribution in [-0.2, 0) is 32.1 Å². The number of esters is 1. The van der Waals surface area contributed by atoms with Gasteiger partial charge in [0, 0.05) is 25.2 Å². The molecule has 158 valence electrons. The number of benzene rings is 2. The number of rotatable bonds is 7. The number of carbonyl (C=O) groups is 3. The quantitative estimate of drug-likeness (QED) is 0.713. The van der Waals surface area contributed by atoms with Crippen LogP contribution in [0, 0.1) is 19.8 Å². The molecule has 2 amide bonds. The molecule has 0 spiro atoms.